The van der Waals surface area contributed by atoms with Gasteiger partial charge in [0.05, 0.1) is 0 Å². The summed E-state index contributed by atoms with van der Waals surface area (Å²) in [7, 11) is 0. The van der Waals surface area contributed by atoms with Crippen molar-refractivity contribution in [2.45, 2.75) is 0 Å². The molecule has 0 unspecified atom stereocenters. The van der Waals surface area contributed by atoms with Gasteiger partial charge in [0.2, 0.25) is 0 Å². The molecule has 88 valence electrons. The Morgan fingerprint density at radius 1 is 0.529 bits per heavy atom. The molecule has 5 nitrogen and oxygen atoms in total. The molecule has 0 bridgehead atoms. The van der Waals surface area contributed by atoms with Gasteiger partial charge >= 0.3 is 0 Å². The van der Waals surface area contributed by atoms with E-state index in [0.717, 1.165) is 12.1 Å². The van der Waals surface area contributed by atoms with Crippen LogP contribution in [0.1, 0.15) is 0 Å². The van der Waals surface area contributed by atoms with Gasteiger partial charge in [-0.25, -0.2) is 0 Å². The average molecular weight is 234 g/mol. The fourth-order valence-corrected chi connectivity index (χ4v) is 1.39. The predicted octanol–water partition coefficient (Wildman–Crippen LogP) is 2.30. The van der Waals surface area contributed by atoms with E-state index in [-0.39, 0.29) is 34.5 Å². The smallest absolute Gasteiger partial charge is 0.134 e. The van der Waals surface area contributed by atoms with Gasteiger partial charge in [-0.2, -0.15) is 0 Å². The topological polar surface area (TPSA) is 90.2 Å². The molecule has 0 saturated heterocycles. The lowest BCUT2D eigenvalue weighted by molar-refractivity contribution is 0.421. The highest BCUT2D eigenvalue weighted by Gasteiger charge is 2.04. The third-order valence-corrected chi connectivity index (χ3v) is 1.99. The van der Waals surface area contributed by atoms with Crippen molar-refractivity contribution in [3.8, 4) is 34.5 Å². The monoisotopic (exact) mass is 234 g/mol. The maximum atomic E-state index is 9.24. The van der Waals surface area contributed by atoms with Crippen molar-refractivity contribution in [1.82, 2.24) is 0 Å². The molecule has 0 heterocycles. The van der Waals surface area contributed by atoms with Gasteiger partial charge in [-0.1, -0.05) is 0 Å². The third-order valence-electron chi connectivity index (χ3n) is 1.99. The van der Waals surface area contributed by atoms with E-state index >= 15 is 0 Å². The first-order chi connectivity index (χ1) is 8.02. The maximum Gasteiger partial charge on any atom is 0.134 e. The molecular weight excluding hydrogens is 224 g/mol. The number of ether oxygens (including phenoxy) is 1. The van der Waals surface area contributed by atoms with Gasteiger partial charge in [0.1, 0.15) is 34.5 Å². The van der Waals surface area contributed by atoms with Crippen molar-refractivity contribution < 1.29 is 25.2 Å². The molecule has 0 saturated carbocycles. The first-order valence-electron chi connectivity index (χ1n) is 4.77. The van der Waals surface area contributed by atoms with Crippen LogP contribution >= 0.6 is 0 Å². The second-order valence-corrected chi connectivity index (χ2v) is 3.47. The highest BCUT2D eigenvalue weighted by Crippen LogP contribution is 2.32. The molecule has 17 heavy (non-hydrogen) atoms. The van der Waals surface area contributed by atoms with E-state index in [4.69, 9.17) is 4.74 Å². The van der Waals surface area contributed by atoms with Crippen molar-refractivity contribution in [1.29, 1.82) is 0 Å². The molecule has 2 aromatic carbocycles. The molecule has 5 heteroatoms. The largest absolute Gasteiger partial charge is 0.508 e. The zero-order valence-electron chi connectivity index (χ0n) is 8.66. The van der Waals surface area contributed by atoms with Crippen LogP contribution in [0.5, 0.6) is 34.5 Å². The second kappa shape index (κ2) is 4.13. The summed E-state index contributed by atoms with van der Waals surface area (Å²) in [6, 6.07) is 7.49. The van der Waals surface area contributed by atoms with Gasteiger partial charge < -0.3 is 25.2 Å². The maximum absolute atomic E-state index is 9.24. The van der Waals surface area contributed by atoms with Crippen molar-refractivity contribution in [3.63, 3.8) is 0 Å². The van der Waals surface area contributed by atoms with E-state index in [1.807, 2.05) is 0 Å². The minimum Gasteiger partial charge on any atom is -0.508 e. The van der Waals surface area contributed by atoms with Gasteiger partial charge in [0, 0.05) is 36.4 Å². The summed E-state index contributed by atoms with van der Waals surface area (Å²) in [4.78, 5) is 0. The number of hydrogen-bond acceptors (Lipinski definition) is 5. The van der Waals surface area contributed by atoms with Crippen LogP contribution in [0.4, 0.5) is 0 Å². The number of rotatable bonds is 2. The summed E-state index contributed by atoms with van der Waals surface area (Å²) in [6.07, 6.45) is 0. The summed E-state index contributed by atoms with van der Waals surface area (Å²) in [5.41, 5.74) is 0. The quantitative estimate of drug-likeness (QED) is 0.640. The number of phenolic OH excluding ortho intramolecular Hbond substituents is 4. The van der Waals surface area contributed by atoms with Crippen LogP contribution in [-0.2, 0) is 0 Å². The Bertz CT molecular complexity index is 461. The van der Waals surface area contributed by atoms with Crippen LogP contribution in [0.2, 0.25) is 0 Å². The molecule has 0 amide bonds. The van der Waals surface area contributed by atoms with Gasteiger partial charge in [-0.05, 0) is 0 Å². The minimum atomic E-state index is -0.149. The Morgan fingerprint density at radius 2 is 0.824 bits per heavy atom. The Morgan fingerprint density at radius 3 is 1.12 bits per heavy atom. The molecule has 0 atom stereocenters. The first-order valence-corrected chi connectivity index (χ1v) is 4.77. The Kier molecular flexibility index (Phi) is 2.66. The standard InChI is InChI=1S/C12H10O5/c13-7-1-8(14)4-11(3-7)17-12-5-9(15)2-10(16)6-12/h1-6,13-16H. The number of hydrogen-bond donors (Lipinski definition) is 4. The molecule has 0 radical (unpaired) electrons. The van der Waals surface area contributed by atoms with E-state index in [1.54, 1.807) is 0 Å². The molecular formula is C12H10O5. The fraction of sp³-hybridized carbons (Fsp3) is 0. The highest BCUT2D eigenvalue weighted by atomic mass is 16.5. The zero-order chi connectivity index (χ0) is 12.4. The molecule has 0 aliphatic heterocycles. The van der Waals surface area contributed by atoms with Crippen LogP contribution in [0.3, 0.4) is 0 Å². The Hall–Kier alpha value is -2.56. The van der Waals surface area contributed by atoms with E-state index in [1.165, 1.54) is 24.3 Å². The summed E-state index contributed by atoms with van der Waals surface area (Å²) in [5.74, 6) is -0.220. The van der Waals surface area contributed by atoms with Crippen LogP contribution in [0.25, 0.3) is 0 Å². The molecule has 0 aromatic heterocycles. The lowest BCUT2D eigenvalue weighted by Gasteiger charge is -2.07. The molecule has 0 aliphatic rings. The van der Waals surface area contributed by atoms with Crippen molar-refractivity contribution in [2.75, 3.05) is 0 Å². The molecule has 0 spiro atoms. The number of aromatic hydroxyl groups is 4. The van der Waals surface area contributed by atoms with Crippen LogP contribution < -0.4 is 4.74 Å². The summed E-state index contributed by atoms with van der Waals surface area (Å²) in [6.45, 7) is 0. The molecule has 4 N–H and O–H groups in total. The summed E-state index contributed by atoms with van der Waals surface area (Å²) in [5, 5.41) is 37.0. The molecule has 0 fully saturated rings. The Labute approximate surface area is 96.8 Å². The molecule has 2 rings (SSSR count). The number of phenols is 4. The van der Waals surface area contributed by atoms with Gasteiger partial charge in [0.15, 0.2) is 0 Å². The van der Waals surface area contributed by atoms with Gasteiger partial charge in [-0.15, -0.1) is 0 Å². The first kappa shape index (κ1) is 10.9. The minimum absolute atomic E-state index is 0.149. The van der Waals surface area contributed by atoms with Crippen LogP contribution in [-0.4, -0.2) is 20.4 Å². The lowest BCUT2D eigenvalue weighted by atomic mass is 10.3. The predicted molar refractivity (Wildman–Crippen MR) is 59.6 cm³/mol. The zero-order valence-corrected chi connectivity index (χ0v) is 8.66. The van der Waals surface area contributed by atoms with Crippen molar-refractivity contribution >= 4 is 0 Å². The van der Waals surface area contributed by atoms with Crippen molar-refractivity contribution in [3.05, 3.63) is 36.4 Å². The summed E-state index contributed by atoms with van der Waals surface area (Å²) >= 11 is 0. The third kappa shape index (κ3) is 2.72. The average Bonchev–Trinajstić information content (AvgIpc) is 2.13. The van der Waals surface area contributed by atoms with Crippen molar-refractivity contribution in [2.24, 2.45) is 0 Å². The Balaban J connectivity index is 2.31. The van der Waals surface area contributed by atoms with E-state index in [2.05, 4.69) is 0 Å². The lowest BCUT2D eigenvalue weighted by Crippen LogP contribution is -1.84. The normalized spacial score (nSPS) is 10.1. The highest BCUT2D eigenvalue weighted by molar-refractivity contribution is 5.45. The second-order valence-electron chi connectivity index (χ2n) is 3.47. The van der Waals surface area contributed by atoms with Crippen LogP contribution in [0, 0.1) is 0 Å². The van der Waals surface area contributed by atoms with Gasteiger partial charge in [-0.3, -0.25) is 0 Å². The van der Waals surface area contributed by atoms with E-state index in [0.29, 0.717) is 0 Å². The van der Waals surface area contributed by atoms with Gasteiger partial charge in [0.25, 0.3) is 0 Å². The van der Waals surface area contributed by atoms with Crippen LogP contribution in [0.15, 0.2) is 36.4 Å². The SMILES string of the molecule is Oc1cc(O)cc(Oc2cc(O)cc(O)c2)c1. The summed E-state index contributed by atoms with van der Waals surface area (Å²) < 4.78 is 5.26. The van der Waals surface area contributed by atoms with E-state index < -0.39 is 0 Å². The molecule has 0 aliphatic carbocycles. The number of benzene rings is 2. The fourth-order valence-electron chi connectivity index (χ4n) is 1.39. The molecule has 2 aromatic rings. The van der Waals surface area contributed by atoms with E-state index in [9.17, 15) is 20.4 Å².